The maximum absolute atomic E-state index is 13.6. The maximum atomic E-state index is 13.6. The molecule has 4 rings (SSSR count). The smallest absolute Gasteiger partial charge is 0.302 e. The van der Waals surface area contributed by atoms with Crippen molar-refractivity contribution < 1.29 is 28.6 Å². The molecule has 2 aromatic carbocycles. The van der Waals surface area contributed by atoms with Crippen molar-refractivity contribution in [3.05, 3.63) is 82.0 Å². The zero-order valence-corrected chi connectivity index (χ0v) is 24.9. The molecule has 0 bridgehead atoms. The number of hydrogen-bond donors (Lipinski definition) is 0. The van der Waals surface area contributed by atoms with E-state index in [9.17, 15) is 19.6 Å². The topological polar surface area (TPSA) is 124 Å². The van der Waals surface area contributed by atoms with E-state index in [4.69, 9.17) is 30.9 Å². The van der Waals surface area contributed by atoms with Crippen LogP contribution in [0, 0.1) is 11.3 Å². The molecule has 43 heavy (non-hydrogen) atoms. The monoisotopic (exact) mass is 602 g/mol. The number of esters is 1. The summed E-state index contributed by atoms with van der Waals surface area (Å²) in [6.07, 6.45) is 4.24. The molecule has 0 saturated carbocycles. The van der Waals surface area contributed by atoms with Crippen LogP contribution in [0.4, 0.5) is 0 Å². The number of aromatic nitrogens is 2. The Morgan fingerprint density at radius 2 is 1.84 bits per heavy atom. The summed E-state index contributed by atoms with van der Waals surface area (Å²) in [6, 6.07) is 16.8. The van der Waals surface area contributed by atoms with E-state index >= 15 is 0 Å². The molecule has 1 aliphatic rings. The van der Waals surface area contributed by atoms with Crippen molar-refractivity contribution in [3.63, 3.8) is 0 Å². The molecular weight excluding hydrogens is 572 g/mol. The van der Waals surface area contributed by atoms with Crippen molar-refractivity contribution >= 4 is 35.5 Å². The zero-order valence-electron chi connectivity index (χ0n) is 24.1. The van der Waals surface area contributed by atoms with Crippen molar-refractivity contribution in [1.29, 1.82) is 5.26 Å². The van der Waals surface area contributed by atoms with Crippen molar-refractivity contribution in [1.82, 2.24) is 14.7 Å². The first-order valence-electron chi connectivity index (χ1n) is 13.7. The third kappa shape index (κ3) is 7.38. The van der Waals surface area contributed by atoms with Crippen LogP contribution in [0.2, 0.25) is 5.02 Å². The molecule has 2 heterocycles. The number of halogens is 1. The fourth-order valence-corrected chi connectivity index (χ4v) is 4.63. The van der Waals surface area contributed by atoms with Crippen molar-refractivity contribution in [2.24, 2.45) is 0 Å². The van der Waals surface area contributed by atoms with Gasteiger partial charge in [-0.05, 0) is 55.3 Å². The number of para-hydroxylation sites is 1. The van der Waals surface area contributed by atoms with Crippen LogP contribution in [0.25, 0.3) is 23.0 Å². The molecule has 1 aromatic heterocycles. The molecule has 0 unspecified atom stereocenters. The Kier molecular flexibility index (Phi) is 10.5. The number of amides is 2. The van der Waals surface area contributed by atoms with E-state index in [-0.39, 0.29) is 43.1 Å². The molecule has 0 radical (unpaired) electrons. The second-order valence-electron chi connectivity index (χ2n) is 9.59. The van der Waals surface area contributed by atoms with E-state index < -0.39 is 17.8 Å². The summed E-state index contributed by atoms with van der Waals surface area (Å²) >= 11 is 6.54. The number of nitrogens with zero attached hydrogens (tertiary/aromatic N) is 4. The number of carbonyl (C=O) groups excluding carboxylic acids is 3. The Bertz CT molecular complexity index is 1620. The van der Waals surface area contributed by atoms with Crippen LogP contribution < -0.4 is 4.74 Å². The van der Waals surface area contributed by atoms with Crippen LogP contribution in [-0.4, -0.2) is 65.4 Å². The molecule has 10 nitrogen and oxygen atoms in total. The van der Waals surface area contributed by atoms with Gasteiger partial charge in [-0.1, -0.05) is 36.7 Å². The quantitative estimate of drug-likeness (QED) is 0.121. The van der Waals surface area contributed by atoms with Gasteiger partial charge in [0.05, 0.1) is 37.1 Å². The van der Waals surface area contributed by atoms with Crippen LogP contribution >= 0.6 is 11.6 Å². The van der Waals surface area contributed by atoms with E-state index in [2.05, 4.69) is 0 Å². The SMILES string of the molecule is CCCOc1ccc(-c2nn(-c3ccccc3)cc2/C=C2/C(=O)N(CCOCCOC(C)=O)C(=O)C(C#N)=C2C)cc1Cl. The average Bonchev–Trinajstić information content (AvgIpc) is 3.42. The molecule has 2 amide bonds. The lowest BCUT2D eigenvalue weighted by atomic mass is 9.93. The van der Waals surface area contributed by atoms with Gasteiger partial charge in [0.2, 0.25) is 0 Å². The fraction of sp³-hybridized carbons (Fsp3) is 0.281. The van der Waals surface area contributed by atoms with Gasteiger partial charge in [-0.3, -0.25) is 19.3 Å². The lowest BCUT2D eigenvalue weighted by molar-refractivity contribution is -0.142. The van der Waals surface area contributed by atoms with Crippen LogP contribution in [0.5, 0.6) is 5.75 Å². The predicted molar refractivity (Wildman–Crippen MR) is 160 cm³/mol. The van der Waals surface area contributed by atoms with Gasteiger partial charge in [-0.25, -0.2) is 4.68 Å². The third-order valence-electron chi connectivity index (χ3n) is 6.55. The van der Waals surface area contributed by atoms with E-state index in [1.54, 1.807) is 36.0 Å². The normalized spacial score (nSPS) is 14.3. The highest BCUT2D eigenvalue weighted by molar-refractivity contribution is 6.32. The summed E-state index contributed by atoms with van der Waals surface area (Å²) < 4.78 is 17.7. The molecule has 0 N–H and O–H groups in total. The molecule has 11 heteroatoms. The highest BCUT2D eigenvalue weighted by atomic mass is 35.5. The standard InChI is InChI=1S/C32H31ClN4O6/c1-4-13-43-29-11-10-23(18-28(29)33)30-24(20-37(35-30)25-8-6-5-7-9-25)17-26-21(2)27(19-34)32(40)36(31(26)39)12-14-41-15-16-42-22(3)38/h5-11,17-18,20H,4,12-16H2,1-3H3/b26-17+. The third-order valence-corrected chi connectivity index (χ3v) is 6.84. The van der Waals surface area contributed by atoms with E-state index in [0.29, 0.717) is 34.2 Å². The molecule has 1 aliphatic heterocycles. The summed E-state index contributed by atoms with van der Waals surface area (Å²) in [5.74, 6) is -1.14. The van der Waals surface area contributed by atoms with E-state index in [0.717, 1.165) is 17.0 Å². The second-order valence-corrected chi connectivity index (χ2v) is 10.00. The number of nitriles is 1. The van der Waals surface area contributed by atoms with Gasteiger partial charge in [-0.15, -0.1) is 0 Å². The van der Waals surface area contributed by atoms with Gasteiger partial charge >= 0.3 is 5.97 Å². The lowest BCUT2D eigenvalue weighted by Crippen LogP contribution is -2.44. The van der Waals surface area contributed by atoms with Crippen LogP contribution in [0.1, 0.15) is 32.8 Å². The largest absolute Gasteiger partial charge is 0.492 e. The van der Waals surface area contributed by atoms with E-state index in [1.165, 1.54) is 6.92 Å². The van der Waals surface area contributed by atoms with Crippen molar-refractivity contribution in [2.75, 3.05) is 33.0 Å². The minimum Gasteiger partial charge on any atom is -0.492 e. The Balaban J connectivity index is 1.73. The molecule has 0 aliphatic carbocycles. The van der Waals surface area contributed by atoms with Crippen molar-refractivity contribution in [3.8, 4) is 28.8 Å². The van der Waals surface area contributed by atoms with E-state index in [1.807, 2.05) is 49.4 Å². The summed E-state index contributed by atoms with van der Waals surface area (Å²) in [5.41, 5.74) is 2.91. The summed E-state index contributed by atoms with van der Waals surface area (Å²) in [4.78, 5) is 38.6. The van der Waals surface area contributed by atoms with Crippen LogP contribution in [0.3, 0.4) is 0 Å². The minimum atomic E-state index is -0.694. The number of rotatable bonds is 12. The maximum Gasteiger partial charge on any atom is 0.302 e. The number of carbonyl (C=O) groups is 3. The Morgan fingerprint density at radius 3 is 2.51 bits per heavy atom. The lowest BCUT2D eigenvalue weighted by Gasteiger charge is -2.27. The minimum absolute atomic E-state index is 0.00587. The highest BCUT2D eigenvalue weighted by Gasteiger charge is 2.35. The van der Waals surface area contributed by atoms with Gasteiger partial charge in [0.25, 0.3) is 11.8 Å². The van der Waals surface area contributed by atoms with Crippen LogP contribution in [-0.2, 0) is 23.9 Å². The molecule has 222 valence electrons. The summed E-state index contributed by atoms with van der Waals surface area (Å²) in [7, 11) is 0. The van der Waals surface area contributed by atoms with Gasteiger partial charge in [-0.2, -0.15) is 10.4 Å². The van der Waals surface area contributed by atoms with Gasteiger partial charge < -0.3 is 14.2 Å². The number of benzene rings is 2. The Hall–Kier alpha value is -4.72. The van der Waals surface area contributed by atoms with Gasteiger partial charge in [0.1, 0.15) is 29.7 Å². The fourth-order valence-electron chi connectivity index (χ4n) is 4.40. The molecular formula is C32H31ClN4O6. The summed E-state index contributed by atoms with van der Waals surface area (Å²) in [6.45, 7) is 5.47. The molecule has 0 spiro atoms. The van der Waals surface area contributed by atoms with Gasteiger partial charge in [0.15, 0.2) is 0 Å². The molecule has 0 saturated heterocycles. The average molecular weight is 603 g/mol. The molecule has 0 atom stereocenters. The molecule has 0 fully saturated rings. The first kappa shape index (κ1) is 31.2. The summed E-state index contributed by atoms with van der Waals surface area (Å²) in [5, 5.41) is 15.0. The number of ether oxygens (including phenoxy) is 3. The Labute approximate surface area is 254 Å². The Morgan fingerprint density at radius 1 is 1.07 bits per heavy atom. The molecule has 3 aromatic rings. The van der Waals surface area contributed by atoms with Crippen molar-refractivity contribution in [2.45, 2.75) is 27.2 Å². The zero-order chi connectivity index (χ0) is 30.9. The van der Waals surface area contributed by atoms with Gasteiger partial charge in [0, 0.05) is 29.8 Å². The number of imide groups is 1. The predicted octanol–water partition coefficient (Wildman–Crippen LogP) is 5.15. The first-order valence-corrected chi connectivity index (χ1v) is 14.1. The first-order chi connectivity index (χ1) is 20.7. The second kappa shape index (κ2) is 14.4. The highest BCUT2D eigenvalue weighted by Crippen LogP contribution is 2.34. The van der Waals surface area contributed by atoms with Crippen LogP contribution in [0.15, 0.2) is 71.4 Å². The number of hydrogen-bond acceptors (Lipinski definition) is 8.